The molecule has 1 aliphatic heterocycles. The van der Waals surface area contributed by atoms with E-state index in [1.807, 2.05) is 0 Å². The van der Waals surface area contributed by atoms with Crippen LogP contribution in [0.4, 0.5) is 0 Å². The van der Waals surface area contributed by atoms with E-state index in [9.17, 15) is 0 Å². The molecule has 5 heteroatoms. The van der Waals surface area contributed by atoms with E-state index < -0.39 is 16.1 Å². The minimum Gasteiger partial charge on any atom is -0.377 e. The number of rotatable bonds is 13. The molecule has 1 saturated heterocycles. The summed E-state index contributed by atoms with van der Waals surface area (Å²) in [5.41, 5.74) is 15.3. The molecule has 48 heavy (non-hydrogen) atoms. The fourth-order valence-electron chi connectivity index (χ4n) is 6.71. The van der Waals surface area contributed by atoms with E-state index in [1.54, 1.807) is 0 Å². The lowest BCUT2D eigenvalue weighted by Gasteiger charge is -2.38. The maximum absolute atomic E-state index is 6.22. The first-order chi connectivity index (χ1) is 22.8. The third kappa shape index (κ3) is 13.0. The lowest BCUT2D eigenvalue weighted by molar-refractivity contribution is -0.168. The Morgan fingerprint density at radius 3 is 1.73 bits per heavy atom. The molecule has 3 nitrogen and oxygen atoms in total. The molecule has 0 bridgehead atoms. The SMILES string of the molecule is CCCCCCOCc1cc(C#Cc2cc(C#C[Si](C(C)C)(C(C)C)C(C)C)cc(COC3CCCCO3)c2)cc(C#C[Si](C)(C)C)c1. The summed E-state index contributed by atoms with van der Waals surface area (Å²) >= 11 is 0. The predicted molar refractivity (Wildman–Crippen MR) is 209 cm³/mol. The number of benzene rings is 2. The second kappa shape index (κ2) is 19.6. The van der Waals surface area contributed by atoms with Gasteiger partial charge in [-0.3, -0.25) is 0 Å². The highest BCUT2D eigenvalue weighted by atomic mass is 28.3. The molecule has 0 spiro atoms. The lowest BCUT2D eigenvalue weighted by atomic mass is 10.0. The molecule has 1 unspecified atom stereocenters. The quantitative estimate of drug-likeness (QED) is 0.120. The van der Waals surface area contributed by atoms with E-state index >= 15 is 0 Å². The summed E-state index contributed by atoms with van der Waals surface area (Å²) in [6.45, 7) is 25.8. The molecule has 0 radical (unpaired) electrons. The predicted octanol–water partition coefficient (Wildman–Crippen LogP) is 11.0. The molecule has 1 atom stereocenters. The standard InChI is InChI=1S/C43H62O3Si2/c1-11-12-13-15-22-44-32-41-28-37(26-39(30-41)20-24-47(8,9)10)18-19-38-27-40(21-25-48(34(2)3,35(4)5)36(6)7)31-42(29-38)33-46-43-17-14-16-23-45-43/h26-31,34-36,43H,11-17,22-23,32-33H2,1-10H3. The average molecular weight is 683 g/mol. The van der Waals surface area contributed by atoms with Crippen molar-refractivity contribution in [3.8, 4) is 34.8 Å². The van der Waals surface area contributed by atoms with Gasteiger partial charge >= 0.3 is 0 Å². The number of hydrogen-bond donors (Lipinski definition) is 0. The van der Waals surface area contributed by atoms with Crippen LogP contribution in [0.15, 0.2) is 36.4 Å². The zero-order valence-electron chi connectivity index (χ0n) is 31.8. The van der Waals surface area contributed by atoms with Crippen LogP contribution >= 0.6 is 0 Å². The van der Waals surface area contributed by atoms with Crippen LogP contribution in [0.1, 0.15) is 127 Å². The summed E-state index contributed by atoms with van der Waals surface area (Å²) in [4.78, 5) is 0. The Morgan fingerprint density at radius 2 is 1.23 bits per heavy atom. The van der Waals surface area contributed by atoms with Crippen LogP contribution in [0.3, 0.4) is 0 Å². The van der Waals surface area contributed by atoms with E-state index in [2.05, 4.69) is 139 Å². The molecule has 1 heterocycles. The highest BCUT2D eigenvalue weighted by Crippen LogP contribution is 2.40. The molecule has 0 N–H and O–H groups in total. The van der Waals surface area contributed by atoms with Gasteiger partial charge in [0.25, 0.3) is 0 Å². The van der Waals surface area contributed by atoms with Gasteiger partial charge < -0.3 is 14.2 Å². The third-order valence-electron chi connectivity index (χ3n) is 9.19. The van der Waals surface area contributed by atoms with Gasteiger partial charge in [0, 0.05) is 35.5 Å². The van der Waals surface area contributed by atoms with Crippen LogP contribution in [0, 0.1) is 34.8 Å². The first-order valence-corrected chi connectivity index (χ1v) is 24.2. The molecule has 2 aromatic carbocycles. The molecular formula is C43H62O3Si2. The van der Waals surface area contributed by atoms with Crippen molar-refractivity contribution >= 4 is 16.1 Å². The van der Waals surface area contributed by atoms with Crippen molar-refractivity contribution in [1.29, 1.82) is 0 Å². The Labute approximate surface area is 296 Å². The van der Waals surface area contributed by atoms with Gasteiger partial charge in [-0.05, 0) is 89.8 Å². The van der Waals surface area contributed by atoms with Crippen LogP contribution in [0.5, 0.6) is 0 Å². The van der Waals surface area contributed by atoms with Crippen molar-refractivity contribution in [1.82, 2.24) is 0 Å². The van der Waals surface area contributed by atoms with Crippen molar-refractivity contribution < 1.29 is 14.2 Å². The van der Waals surface area contributed by atoms with E-state index in [0.717, 1.165) is 72.3 Å². The van der Waals surface area contributed by atoms with Gasteiger partial charge in [0.1, 0.15) is 16.1 Å². The van der Waals surface area contributed by atoms with Crippen molar-refractivity contribution in [2.45, 2.75) is 149 Å². The van der Waals surface area contributed by atoms with Gasteiger partial charge in [0.15, 0.2) is 6.29 Å². The van der Waals surface area contributed by atoms with Crippen LogP contribution in [-0.4, -0.2) is 35.7 Å². The van der Waals surface area contributed by atoms with Gasteiger partial charge in [-0.25, -0.2) is 0 Å². The summed E-state index contributed by atoms with van der Waals surface area (Å²) in [5.74, 6) is 14.1. The fraction of sp³-hybridized carbons (Fsp3) is 0.581. The lowest BCUT2D eigenvalue weighted by Crippen LogP contribution is -2.43. The molecule has 1 aliphatic rings. The largest absolute Gasteiger partial charge is 0.377 e. The van der Waals surface area contributed by atoms with Crippen molar-refractivity contribution in [2.24, 2.45) is 0 Å². The Morgan fingerprint density at radius 1 is 0.688 bits per heavy atom. The molecule has 260 valence electrons. The number of ether oxygens (including phenoxy) is 3. The van der Waals surface area contributed by atoms with E-state index in [4.69, 9.17) is 14.2 Å². The Bertz CT molecular complexity index is 1470. The van der Waals surface area contributed by atoms with E-state index in [-0.39, 0.29) is 6.29 Å². The molecule has 0 saturated carbocycles. The summed E-state index contributed by atoms with van der Waals surface area (Å²) in [5, 5.41) is 0. The molecule has 2 aromatic rings. The van der Waals surface area contributed by atoms with Crippen molar-refractivity contribution in [3.63, 3.8) is 0 Å². The Hall–Kier alpha value is -2.57. The topological polar surface area (TPSA) is 27.7 Å². The minimum atomic E-state index is -1.89. The zero-order valence-corrected chi connectivity index (χ0v) is 33.8. The normalized spacial score (nSPS) is 15.1. The summed E-state index contributed by atoms with van der Waals surface area (Å²) < 4.78 is 18.2. The van der Waals surface area contributed by atoms with Crippen LogP contribution < -0.4 is 0 Å². The maximum Gasteiger partial charge on any atom is 0.158 e. The highest BCUT2D eigenvalue weighted by Gasteiger charge is 2.41. The zero-order chi connectivity index (χ0) is 35.2. The molecule has 3 rings (SSSR count). The summed E-state index contributed by atoms with van der Waals surface area (Å²) in [7, 11) is -3.41. The molecular weight excluding hydrogens is 621 g/mol. The first-order valence-electron chi connectivity index (χ1n) is 18.5. The van der Waals surface area contributed by atoms with Crippen molar-refractivity contribution in [2.75, 3.05) is 13.2 Å². The van der Waals surface area contributed by atoms with Gasteiger partial charge in [0.2, 0.25) is 0 Å². The molecule has 0 aliphatic carbocycles. The first kappa shape index (κ1) is 39.9. The van der Waals surface area contributed by atoms with Gasteiger partial charge in [-0.1, -0.05) is 111 Å². The third-order valence-corrected chi connectivity index (χ3v) is 16.4. The Balaban J connectivity index is 2.00. The van der Waals surface area contributed by atoms with E-state index in [1.165, 1.54) is 19.3 Å². The average Bonchev–Trinajstić information content (AvgIpc) is 3.03. The summed E-state index contributed by atoms with van der Waals surface area (Å²) in [6, 6.07) is 12.9. The van der Waals surface area contributed by atoms with Gasteiger partial charge in [-0.2, -0.15) is 0 Å². The smallest absolute Gasteiger partial charge is 0.158 e. The maximum atomic E-state index is 6.22. The Kier molecular flexibility index (Phi) is 16.3. The second-order valence-electron chi connectivity index (χ2n) is 15.5. The minimum absolute atomic E-state index is 0.141. The monoisotopic (exact) mass is 682 g/mol. The number of unbranched alkanes of at least 4 members (excludes halogenated alkanes) is 3. The fourth-order valence-corrected chi connectivity index (χ4v) is 12.5. The van der Waals surface area contributed by atoms with Crippen LogP contribution in [0.2, 0.25) is 36.3 Å². The van der Waals surface area contributed by atoms with Crippen LogP contribution in [-0.2, 0) is 27.4 Å². The number of hydrogen-bond acceptors (Lipinski definition) is 3. The van der Waals surface area contributed by atoms with Crippen LogP contribution in [0.25, 0.3) is 0 Å². The summed E-state index contributed by atoms with van der Waals surface area (Å²) in [6.07, 6.45) is 7.86. The molecule has 1 fully saturated rings. The molecule has 0 amide bonds. The van der Waals surface area contributed by atoms with Gasteiger partial charge in [0.05, 0.1) is 13.2 Å². The highest BCUT2D eigenvalue weighted by molar-refractivity contribution is 6.90. The second-order valence-corrected chi connectivity index (χ2v) is 25.8. The van der Waals surface area contributed by atoms with Crippen molar-refractivity contribution in [3.05, 3.63) is 69.8 Å². The van der Waals surface area contributed by atoms with E-state index in [0.29, 0.717) is 29.8 Å². The molecule has 0 aromatic heterocycles. The van der Waals surface area contributed by atoms with Gasteiger partial charge in [-0.15, -0.1) is 11.1 Å².